The Morgan fingerprint density at radius 3 is 2.23 bits per heavy atom. The number of anilines is 1. The van der Waals surface area contributed by atoms with Crippen LogP contribution in [0.1, 0.15) is 81.1 Å². The fraction of sp³-hybridized carbons (Fsp3) is 0.333. The van der Waals surface area contributed by atoms with Crippen molar-refractivity contribution in [3.8, 4) is 0 Å². The molecule has 6 rings (SSSR count). The Morgan fingerprint density at radius 2 is 1.58 bits per heavy atom. The smallest absolute Gasteiger partial charge is 0.335 e. The van der Waals surface area contributed by atoms with Gasteiger partial charge in [-0.15, -0.1) is 0 Å². The van der Waals surface area contributed by atoms with Gasteiger partial charge in [0.1, 0.15) is 17.3 Å². The van der Waals surface area contributed by atoms with E-state index in [2.05, 4.69) is 75.9 Å². The lowest BCUT2D eigenvalue weighted by Gasteiger charge is -2.36. The van der Waals surface area contributed by atoms with Gasteiger partial charge in [-0.1, -0.05) is 55.8 Å². The lowest BCUT2D eigenvalue weighted by Crippen LogP contribution is -2.33. The van der Waals surface area contributed by atoms with Gasteiger partial charge in [0.15, 0.2) is 12.3 Å². The Labute approximate surface area is 306 Å². The molecule has 2 N–H and O–H groups in total. The second-order valence-electron chi connectivity index (χ2n) is 15.0. The van der Waals surface area contributed by atoms with E-state index in [0.717, 1.165) is 34.8 Å². The van der Waals surface area contributed by atoms with Gasteiger partial charge in [-0.05, 0) is 81.3 Å². The first kappa shape index (κ1) is 36.8. The van der Waals surface area contributed by atoms with Crippen molar-refractivity contribution in [2.45, 2.75) is 72.0 Å². The summed E-state index contributed by atoms with van der Waals surface area (Å²) in [7, 11) is -4.23. The quantitative estimate of drug-likeness (QED) is 0.167. The van der Waals surface area contributed by atoms with E-state index in [1.54, 1.807) is 24.3 Å². The van der Waals surface area contributed by atoms with Gasteiger partial charge in [0.2, 0.25) is 11.5 Å². The minimum atomic E-state index is -4.23. The molecule has 3 aliphatic heterocycles. The van der Waals surface area contributed by atoms with Crippen molar-refractivity contribution in [2.75, 3.05) is 23.7 Å². The summed E-state index contributed by atoms with van der Waals surface area (Å²) in [5.41, 5.74) is 8.04. The van der Waals surface area contributed by atoms with Gasteiger partial charge in [0.05, 0.1) is 16.6 Å². The maximum absolute atomic E-state index is 11.9. The number of ether oxygens (including phenoxy) is 2. The average molecular weight is 724 g/mol. The van der Waals surface area contributed by atoms with Crippen LogP contribution in [0, 0.1) is 6.92 Å². The molecule has 0 saturated carbocycles. The Morgan fingerprint density at radius 1 is 0.885 bits per heavy atom. The molecular weight excluding hydrogens is 677 g/mol. The minimum Gasteiger partial charge on any atom is -0.478 e. The van der Waals surface area contributed by atoms with Crippen molar-refractivity contribution in [1.29, 1.82) is 0 Å². The molecule has 0 aromatic heterocycles. The van der Waals surface area contributed by atoms with Crippen molar-refractivity contribution in [3.63, 3.8) is 0 Å². The van der Waals surface area contributed by atoms with E-state index in [0.29, 0.717) is 22.7 Å². The van der Waals surface area contributed by atoms with E-state index in [9.17, 15) is 22.9 Å². The summed E-state index contributed by atoms with van der Waals surface area (Å²) < 4.78 is 48.5. The first-order valence-electron chi connectivity index (χ1n) is 17.5. The predicted molar refractivity (Wildman–Crippen MR) is 205 cm³/mol. The van der Waals surface area contributed by atoms with Gasteiger partial charge >= 0.3 is 5.97 Å². The van der Waals surface area contributed by atoms with Crippen molar-refractivity contribution >= 4 is 38.7 Å². The van der Waals surface area contributed by atoms with Crippen LogP contribution < -0.4 is 4.90 Å². The van der Waals surface area contributed by atoms with Crippen molar-refractivity contribution in [3.05, 3.63) is 136 Å². The van der Waals surface area contributed by atoms with E-state index >= 15 is 0 Å². The summed E-state index contributed by atoms with van der Waals surface area (Å²) in [5, 5.41) is 9.64. The molecule has 3 heterocycles. The topological polar surface area (TPSA) is 116 Å². The highest BCUT2D eigenvalue weighted by atomic mass is 32.2. The molecule has 0 amide bonds. The number of nitrogens with zero attached hydrogens (tertiary/aromatic N) is 2. The SMILES string of the molecule is CCN1C(=CC=C2OC(C)(C)OC(C=CC3=[N+](CCS(=O)(=O)O)c4ccc(C)cc4C3(C)C)=C2c2ccc(C(=O)O)cc2)C(C)(C)c2ccccc21. The highest BCUT2D eigenvalue weighted by Gasteiger charge is 2.45. The molecule has 3 aromatic carbocycles. The average Bonchev–Trinajstić information content (AvgIpc) is 3.42. The molecule has 0 spiro atoms. The zero-order valence-corrected chi connectivity index (χ0v) is 31.8. The van der Waals surface area contributed by atoms with Gasteiger partial charge in [-0.25, -0.2) is 4.79 Å². The van der Waals surface area contributed by atoms with Gasteiger partial charge < -0.3 is 19.5 Å². The van der Waals surface area contributed by atoms with Crippen LogP contribution in [0.15, 0.2) is 108 Å². The zero-order chi connectivity index (χ0) is 37.8. The molecule has 0 unspecified atom stereocenters. The number of aryl methyl sites for hydroxylation is 1. The number of benzene rings is 3. The lowest BCUT2D eigenvalue weighted by molar-refractivity contribution is -0.432. The normalized spacial score (nSPS) is 20.4. The van der Waals surface area contributed by atoms with Crippen molar-refractivity contribution in [2.24, 2.45) is 0 Å². The highest BCUT2D eigenvalue weighted by Crippen LogP contribution is 2.48. The van der Waals surface area contributed by atoms with Gasteiger partial charge in [0.25, 0.3) is 10.1 Å². The van der Waals surface area contributed by atoms with E-state index in [4.69, 9.17) is 9.47 Å². The molecule has 0 atom stereocenters. The largest absolute Gasteiger partial charge is 0.478 e. The number of carboxylic acids is 1. The first-order chi connectivity index (χ1) is 24.3. The van der Waals surface area contributed by atoms with Crippen molar-refractivity contribution < 1.29 is 36.9 Å². The number of para-hydroxylation sites is 1. The van der Waals surface area contributed by atoms with Crippen LogP contribution in [0.5, 0.6) is 0 Å². The molecule has 0 saturated heterocycles. The predicted octanol–water partition coefficient (Wildman–Crippen LogP) is 8.29. The number of fused-ring (bicyclic) bond motifs is 2. The minimum absolute atomic E-state index is 0.0564. The Hall–Kier alpha value is -4.93. The summed E-state index contributed by atoms with van der Waals surface area (Å²) in [4.78, 5) is 14.1. The highest BCUT2D eigenvalue weighted by molar-refractivity contribution is 7.85. The van der Waals surface area contributed by atoms with E-state index < -0.39 is 33.0 Å². The molecule has 272 valence electrons. The maximum Gasteiger partial charge on any atom is 0.335 e. The third-order valence-corrected chi connectivity index (χ3v) is 10.8. The monoisotopic (exact) mass is 723 g/mol. The molecular formula is C42H47N2O7S+. The summed E-state index contributed by atoms with van der Waals surface area (Å²) in [6.45, 7) is 17.3. The van der Waals surface area contributed by atoms with Crippen LogP contribution in [-0.4, -0.2) is 59.0 Å². The van der Waals surface area contributed by atoms with E-state index in [1.807, 2.05) is 55.7 Å². The van der Waals surface area contributed by atoms with E-state index in [-0.39, 0.29) is 17.5 Å². The number of hydrogen-bond donors (Lipinski definition) is 2. The Balaban J connectivity index is 1.55. The number of likely N-dealkylation sites (N-methyl/N-ethyl adjacent to an activating group) is 1. The third-order valence-electron chi connectivity index (χ3n) is 10.1. The maximum atomic E-state index is 11.9. The summed E-state index contributed by atoms with van der Waals surface area (Å²) >= 11 is 0. The fourth-order valence-corrected chi connectivity index (χ4v) is 8.01. The molecule has 3 aromatic rings. The van der Waals surface area contributed by atoms with Crippen LogP contribution in [0.2, 0.25) is 0 Å². The first-order valence-corrected chi connectivity index (χ1v) is 19.1. The van der Waals surface area contributed by atoms with Crippen molar-refractivity contribution in [1.82, 2.24) is 0 Å². The molecule has 10 heteroatoms. The molecule has 9 nitrogen and oxygen atoms in total. The number of rotatable bonds is 9. The second-order valence-corrected chi connectivity index (χ2v) is 16.6. The molecule has 0 aliphatic carbocycles. The van der Waals surface area contributed by atoms with Gasteiger partial charge in [-0.2, -0.15) is 13.0 Å². The molecule has 0 bridgehead atoms. The number of carboxylic acid groups (broad SMARTS) is 1. The molecule has 3 aliphatic rings. The second kappa shape index (κ2) is 13.2. The van der Waals surface area contributed by atoms with Gasteiger partial charge in [-0.3, -0.25) is 4.55 Å². The Kier molecular flexibility index (Phi) is 9.38. The third kappa shape index (κ3) is 6.85. The summed E-state index contributed by atoms with van der Waals surface area (Å²) in [6.07, 6.45) is 7.87. The van der Waals surface area contributed by atoms with Gasteiger partial charge in [0, 0.05) is 54.9 Å². The summed E-state index contributed by atoms with van der Waals surface area (Å²) in [5.74, 6) is -1.50. The molecule has 52 heavy (non-hydrogen) atoms. The number of hydrogen-bond acceptors (Lipinski definition) is 6. The Bertz CT molecular complexity index is 2220. The van der Waals surface area contributed by atoms with Crippen LogP contribution in [0.4, 0.5) is 11.4 Å². The van der Waals surface area contributed by atoms with E-state index in [1.165, 1.54) is 11.3 Å². The lowest BCUT2D eigenvalue weighted by atomic mass is 9.81. The van der Waals surface area contributed by atoms with Crippen LogP contribution >= 0.6 is 0 Å². The molecule has 0 radical (unpaired) electrons. The van der Waals surface area contributed by atoms with Crippen LogP contribution in [-0.2, 0) is 30.4 Å². The molecule has 0 fully saturated rings. The number of aromatic carboxylic acids is 1. The fourth-order valence-electron chi connectivity index (χ4n) is 7.60. The van der Waals surface area contributed by atoms with Crippen LogP contribution in [0.3, 0.4) is 0 Å². The van der Waals surface area contributed by atoms with Crippen LogP contribution in [0.25, 0.3) is 5.57 Å². The number of allylic oxidation sites excluding steroid dienone is 6. The summed E-state index contributed by atoms with van der Waals surface area (Å²) in [6, 6.07) is 21.1. The standard InChI is InChI=1S/C42H46N2O7S/c1-9-43-32-13-11-10-12-30(32)40(3,4)36(43)22-20-34-38(28-15-17-29(18-16-28)39(45)46)35(51-42(7,8)50-34)21-23-37-41(5,6)31-26-27(2)14-19-33(31)44(37)24-25-52(47,48)49/h10-23,26H,9,24-25H2,1-8H3,(H-,45,46,47,48,49)/p+1. The number of carbonyl (C=O) groups is 1. The zero-order valence-electron chi connectivity index (χ0n) is 31.0.